The Bertz CT molecular complexity index is 733. The number of carbonyl (C=O) groups is 1. The first-order chi connectivity index (χ1) is 9.76. The lowest BCUT2D eigenvalue weighted by Gasteiger charge is -2.02. The minimum Gasteiger partial charge on any atom is -0.372 e. The number of H-pyrrole nitrogens is 1. The van der Waals surface area contributed by atoms with E-state index in [9.17, 15) is 4.79 Å². The third-order valence-electron chi connectivity index (χ3n) is 2.74. The smallest absolute Gasteiger partial charge is 0.278 e. The molecule has 0 aliphatic rings. The van der Waals surface area contributed by atoms with Crippen LogP contribution in [-0.4, -0.2) is 32.9 Å². The van der Waals surface area contributed by atoms with Gasteiger partial charge in [0.2, 0.25) is 5.95 Å². The number of hydrogen-bond donors (Lipinski definition) is 3. The molecule has 0 saturated heterocycles. The van der Waals surface area contributed by atoms with Gasteiger partial charge in [0.1, 0.15) is 11.5 Å². The molecule has 0 fully saturated rings. The number of imidazole rings is 1. The number of rotatable bonds is 3. The van der Waals surface area contributed by atoms with E-state index in [1.165, 1.54) is 12.4 Å². The van der Waals surface area contributed by atoms with Crippen molar-refractivity contribution in [3.8, 4) is 0 Å². The summed E-state index contributed by atoms with van der Waals surface area (Å²) in [5, 5.41) is 5.49. The summed E-state index contributed by atoms with van der Waals surface area (Å²) >= 11 is 0. The molecule has 0 unspecified atom stereocenters. The standard InChI is InChI=1S/C13H12N6O/c1-14-11-7-15-6-10(16-11)12(20)19-13-17-8-4-2-3-5-9(8)18-13/h2-7H,1H3,(H,14,16)(H2,17,18,19,20). The van der Waals surface area contributed by atoms with E-state index in [1.807, 2.05) is 24.3 Å². The van der Waals surface area contributed by atoms with Gasteiger partial charge in [-0.25, -0.2) is 9.97 Å². The first-order valence-corrected chi connectivity index (χ1v) is 6.02. The van der Waals surface area contributed by atoms with Crippen molar-refractivity contribution in [3.05, 3.63) is 42.4 Å². The van der Waals surface area contributed by atoms with E-state index in [4.69, 9.17) is 0 Å². The number of para-hydroxylation sites is 2. The van der Waals surface area contributed by atoms with Crippen molar-refractivity contribution in [3.63, 3.8) is 0 Å². The van der Waals surface area contributed by atoms with Gasteiger partial charge in [0.15, 0.2) is 0 Å². The maximum atomic E-state index is 12.1. The average molecular weight is 268 g/mol. The van der Waals surface area contributed by atoms with Crippen molar-refractivity contribution in [2.24, 2.45) is 0 Å². The highest BCUT2D eigenvalue weighted by atomic mass is 16.2. The summed E-state index contributed by atoms with van der Waals surface area (Å²) in [5.41, 5.74) is 1.87. The van der Waals surface area contributed by atoms with Gasteiger partial charge in [-0.2, -0.15) is 0 Å². The van der Waals surface area contributed by atoms with Crippen molar-refractivity contribution < 1.29 is 4.79 Å². The first-order valence-electron chi connectivity index (χ1n) is 6.02. The number of amides is 1. The SMILES string of the molecule is CNc1cncc(C(=O)Nc2nc3ccccc3[nH]2)n1. The number of nitrogens with one attached hydrogen (secondary N) is 3. The summed E-state index contributed by atoms with van der Waals surface area (Å²) in [6, 6.07) is 7.53. The summed E-state index contributed by atoms with van der Waals surface area (Å²) in [5.74, 6) is 0.545. The molecule has 1 amide bonds. The number of aromatic nitrogens is 4. The second kappa shape index (κ2) is 4.96. The molecule has 0 spiro atoms. The van der Waals surface area contributed by atoms with E-state index in [1.54, 1.807) is 7.05 Å². The molecule has 3 rings (SSSR count). The van der Waals surface area contributed by atoms with Gasteiger partial charge in [-0.15, -0.1) is 0 Å². The zero-order chi connectivity index (χ0) is 13.9. The Kier molecular flexibility index (Phi) is 3.00. The van der Waals surface area contributed by atoms with E-state index in [0.717, 1.165) is 11.0 Å². The van der Waals surface area contributed by atoms with Crippen LogP contribution in [0.5, 0.6) is 0 Å². The molecular formula is C13H12N6O. The Hall–Kier alpha value is -2.96. The number of hydrogen-bond acceptors (Lipinski definition) is 5. The van der Waals surface area contributed by atoms with Gasteiger partial charge in [-0.1, -0.05) is 12.1 Å². The van der Waals surface area contributed by atoms with Crippen LogP contribution >= 0.6 is 0 Å². The maximum absolute atomic E-state index is 12.1. The Morgan fingerprint density at radius 1 is 1.20 bits per heavy atom. The fourth-order valence-corrected chi connectivity index (χ4v) is 1.78. The molecule has 0 bridgehead atoms. The highest BCUT2D eigenvalue weighted by molar-refractivity contribution is 6.02. The highest BCUT2D eigenvalue weighted by Gasteiger charge is 2.11. The van der Waals surface area contributed by atoms with Gasteiger partial charge < -0.3 is 10.3 Å². The minimum atomic E-state index is -0.367. The molecule has 7 heteroatoms. The zero-order valence-corrected chi connectivity index (χ0v) is 10.7. The summed E-state index contributed by atoms with van der Waals surface area (Å²) in [6.07, 6.45) is 2.94. The maximum Gasteiger partial charge on any atom is 0.278 e. The number of aromatic amines is 1. The lowest BCUT2D eigenvalue weighted by atomic mass is 10.3. The lowest BCUT2D eigenvalue weighted by Crippen LogP contribution is -2.15. The molecule has 100 valence electrons. The summed E-state index contributed by atoms with van der Waals surface area (Å²) < 4.78 is 0. The molecule has 0 atom stereocenters. The van der Waals surface area contributed by atoms with E-state index >= 15 is 0 Å². The molecule has 1 aromatic carbocycles. The Morgan fingerprint density at radius 3 is 2.85 bits per heavy atom. The van der Waals surface area contributed by atoms with Crippen molar-refractivity contribution in [1.82, 2.24) is 19.9 Å². The normalized spacial score (nSPS) is 10.4. The number of benzene rings is 1. The van der Waals surface area contributed by atoms with Crippen LogP contribution in [0.3, 0.4) is 0 Å². The van der Waals surface area contributed by atoms with Crippen molar-refractivity contribution in [2.75, 3.05) is 17.7 Å². The van der Waals surface area contributed by atoms with Gasteiger partial charge in [-0.3, -0.25) is 15.1 Å². The average Bonchev–Trinajstić information content (AvgIpc) is 2.89. The molecule has 0 radical (unpaired) electrons. The Balaban J connectivity index is 1.84. The molecule has 0 saturated carbocycles. The number of nitrogens with zero attached hydrogens (tertiary/aromatic N) is 3. The molecule has 7 nitrogen and oxygen atoms in total. The van der Waals surface area contributed by atoms with Crippen LogP contribution in [-0.2, 0) is 0 Å². The van der Waals surface area contributed by atoms with Gasteiger partial charge in [0.25, 0.3) is 5.91 Å². The molecule has 20 heavy (non-hydrogen) atoms. The largest absolute Gasteiger partial charge is 0.372 e. The molecule has 3 aromatic rings. The Labute approximate surface area is 114 Å². The van der Waals surface area contributed by atoms with Crippen LogP contribution in [0, 0.1) is 0 Å². The molecule has 2 heterocycles. The number of fused-ring (bicyclic) bond motifs is 1. The fraction of sp³-hybridized carbons (Fsp3) is 0.0769. The molecule has 3 N–H and O–H groups in total. The van der Waals surface area contributed by atoms with Crippen LogP contribution in [0.15, 0.2) is 36.7 Å². The monoisotopic (exact) mass is 268 g/mol. The number of carbonyl (C=O) groups excluding carboxylic acids is 1. The summed E-state index contributed by atoms with van der Waals surface area (Å²) in [6.45, 7) is 0. The minimum absolute atomic E-state index is 0.220. The van der Waals surface area contributed by atoms with Crippen LogP contribution in [0.4, 0.5) is 11.8 Å². The third kappa shape index (κ3) is 2.28. The van der Waals surface area contributed by atoms with Gasteiger partial charge >= 0.3 is 0 Å². The van der Waals surface area contributed by atoms with E-state index in [-0.39, 0.29) is 11.6 Å². The molecule has 2 aromatic heterocycles. The first kappa shape index (κ1) is 12.1. The quantitative estimate of drug-likeness (QED) is 0.671. The van der Waals surface area contributed by atoms with Gasteiger partial charge in [-0.05, 0) is 12.1 Å². The van der Waals surface area contributed by atoms with E-state index in [2.05, 4.69) is 30.6 Å². The van der Waals surface area contributed by atoms with Crippen molar-refractivity contribution in [2.45, 2.75) is 0 Å². The second-order valence-electron chi connectivity index (χ2n) is 4.10. The predicted octanol–water partition coefficient (Wildman–Crippen LogP) is 1.65. The zero-order valence-electron chi connectivity index (χ0n) is 10.7. The lowest BCUT2D eigenvalue weighted by molar-refractivity contribution is 0.102. The highest BCUT2D eigenvalue weighted by Crippen LogP contribution is 2.13. The predicted molar refractivity (Wildman–Crippen MR) is 75.6 cm³/mol. The van der Waals surface area contributed by atoms with Crippen LogP contribution in [0.2, 0.25) is 0 Å². The van der Waals surface area contributed by atoms with E-state index < -0.39 is 0 Å². The van der Waals surface area contributed by atoms with Crippen molar-refractivity contribution >= 4 is 28.7 Å². The third-order valence-corrected chi connectivity index (χ3v) is 2.74. The molecule has 0 aliphatic carbocycles. The Morgan fingerprint density at radius 2 is 2.05 bits per heavy atom. The van der Waals surface area contributed by atoms with Crippen LogP contribution in [0.1, 0.15) is 10.5 Å². The number of anilines is 2. The van der Waals surface area contributed by atoms with Crippen molar-refractivity contribution in [1.29, 1.82) is 0 Å². The molecular weight excluding hydrogens is 256 g/mol. The summed E-state index contributed by atoms with van der Waals surface area (Å²) in [7, 11) is 1.71. The van der Waals surface area contributed by atoms with Crippen LogP contribution in [0.25, 0.3) is 11.0 Å². The summed E-state index contributed by atoms with van der Waals surface area (Å²) in [4.78, 5) is 27.4. The van der Waals surface area contributed by atoms with E-state index in [0.29, 0.717) is 11.8 Å². The molecule has 0 aliphatic heterocycles. The second-order valence-corrected chi connectivity index (χ2v) is 4.10. The van der Waals surface area contributed by atoms with Crippen LogP contribution < -0.4 is 10.6 Å². The van der Waals surface area contributed by atoms with Gasteiger partial charge in [0, 0.05) is 7.05 Å². The topological polar surface area (TPSA) is 95.6 Å². The van der Waals surface area contributed by atoms with Gasteiger partial charge in [0.05, 0.1) is 23.4 Å². The fourth-order valence-electron chi connectivity index (χ4n) is 1.78.